The number of carbonyl (C=O) groups is 1. The molecule has 0 atom stereocenters. The van der Waals surface area contributed by atoms with Crippen molar-refractivity contribution in [1.29, 1.82) is 0 Å². The summed E-state index contributed by atoms with van der Waals surface area (Å²) in [7, 11) is 0. The first-order chi connectivity index (χ1) is 13.6. The highest BCUT2D eigenvalue weighted by Gasteiger charge is 2.15. The van der Waals surface area contributed by atoms with Crippen LogP contribution in [0.5, 0.6) is 5.75 Å². The van der Waals surface area contributed by atoms with Crippen LogP contribution in [0.25, 0.3) is 6.08 Å². The van der Waals surface area contributed by atoms with Crippen molar-refractivity contribution >= 4 is 35.4 Å². The molecule has 1 aromatic heterocycles. The Kier molecular flexibility index (Phi) is 6.73. The fourth-order valence-electron chi connectivity index (χ4n) is 2.36. The smallest absolute Gasteiger partial charge is 0.342 e. The largest absolute Gasteiger partial charge is 0.488 e. The number of halogens is 1. The van der Waals surface area contributed by atoms with Crippen LogP contribution in [0, 0.1) is 0 Å². The molecule has 8 heteroatoms. The second-order valence-electron chi connectivity index (χ2n) is 5.75. The van der Waals surface area contributed by atoms with E-state index in [1.807, 2.05) is 37.3 Å². The van der Waals surface area contributed by atoms with Crippen molar-refractivity contribution in [3.8, 4) is 5.75 Å². The Bertz CT molecular complexity index is 1000. The Morgan fingerprint density at radius 3 is 2.71 bits per heavy atom. The summed E-state index contributed by atoms with van der Waals surface area (Å²) >= 11 is 7.16. The van der Waals surface area contributed by atoms with Crippen LogP contribution in [0.1, 0.15) is 23.9 Å². The molecule has 144 valence electrons. The van der Waals surface area contributed by atoms with Crippen LogP contribution >= 0.6 is 23.4 Å². The van der Waals surface area contributed by atoms with Gasteiger partial charge in [-0.2, -0.15) is 0 Å². The maximum Gasteiger partial charge on any atom is 0.342 e. The number of aromatic nitrogens is 3. The second-order valence-corrected chi connectivity index (χ2v) is 7.17. The predicted molar refractivity (Wildman–Crippen MR) is 109 cm³/mol. The van der Waals surface area contributed by atoms with Crippen molar-refractivity contribution in [2.45, 2.75) is 25.1 Å². The summed E-state index contributed by atoms with van der Waals surface area (Å²) in [6.07, 6.45) is 2.25. The quantitative estimate of drug-likeness (QED) is 0.405. The zero-order valence-electron chi connectivity index (χ0n) is 15.1. The maximum atomic E-state index is 11.7. The lowest BCUT2D eigenvalue weighted by atomic mass is 10.2. The number of para-hydroxylation sites is 1. The van der Waals surface area contributed by atoms with Crippen LogP contribution in [-0.4, -0.2) is 26.3 Å². The van der Waals surface area contributed by atoms with Gasteiger partial charge in [-0.05, 0) is 30.0 Å². The summed E-state index contributed by atoms with van der Waals surface area (Å²) in [4.78, 5) is 16.0. The number of rotatable bonds is 8. The molecular weight excluding hydrogens is 398 g/mol. The highest BCUT2D eigenvalue weighted by atomic mass is 35.5. The topological polar surface area (TPSA) is 88.1 Å². The van der Waals surface area contributed by atoms with Crippen molar-refractivity contribution in [3.05, 3.63) is 75.4 Å². The molecule has 0 fully saturated rings. The van der Waals surface area contributed by atoms with Gasteiger partial charge in [-0.1, -0.05) is 54.9 Å². The van der Waals surface area contributed by atoms with Crippen LogP contribution in [0.4, 0.5) is 0 Å². The number of H-pyrrole nitrogens is 1. The van der Waals surface area contributed by atoms with Crippen LogP contribution in [-0.2, 0) is 17.8 Å². The van der Waals surface area contributed by atoms with Gasteiger partial charge < -0.3 is 9.84 Å². The number of hydrogen-bond donors (Lipinski definition) is 2. The molecule has 0 radical (unpaired) electrons. The lowest BCUT2D eigenvalue weighted by molar-refractivity contribution is -0.131. The number of carboxylic acid groups (broad SMARTS) is 1. The van der Waals surface area contributed by atoms with E-state index >= 15 is 0 Å². The molecule has 0 spiro atoms. The molecule has 0 unspecified atom stereocenters. The van der Waals surface area contributed by atoms with E-state index in [-0.39, 0.29) is 11.5 Å². The van der Waals surface area contributed by atoms with Gasteiger partial charge in [0.2, 0.25) is 5.16 Å². The molecule has 3 rings (SSSR count). The third-order valence-electron chi connectivity index (χ3n) is 3.80. The van der Waals surface area contributed by atoms with E-state index in [0.29, 0.717) is 33.7 Å². The Hall–Kier alpha value is -2.77. The average Bonchev–Trinajstić information content (AvgIpc) is 3.15. The minimum absolute atomic E-state index is 0.0930. The van der Waals surface area contributed by atoms with Crippen LogP contribution in [0.3, 0.4) is 0 Å². The van der Waals surface area contributed by atoms with Crippen LogP contribution in [0.15, 0.2) is 58.6 Å². The second kappa shape index (κ2) is 9.43. The molecule has 0 aliphatic heterocycles. The van der Waals surface area contributed by atoms with Gasteiger partial charge in [0.25, 0.3) is 0 Å². The van der Waals surface area contributed by atoms with Crippen molar-refractivity contribution < 1.29 is 14.6 Å². The first-order valence-electron chi connectivity index (χ1n) is 8.56. The highest BCUT2D eigenvalue weighted by Crippen LogP contribution is 2.29. The number of aryl methyl sites for hydroxylation is 1. The lowest BCUT2D eigenvalue weighted by Gasteiger charge is -2.11. The molecule has 0 saturated heterocycles. The number of thioether (sulfide) groups is 1. The van der Waals surface area contributed by atoms with E-state index in [9.17, 15) is 9.90 Å². The predicted octanol–water partition coefficient (Wildman–Crippen LogP) is 4.82. The number of hydrogen-bond acceptors (Lipinski definition) is 5. The third-order valence-corrected chi connectivity index (χ3v) is 5.05. The van der Waals surface area contributed by atoms with Crippen molar-refractivity contribution in [3.63, 3.8) is 0 Å². The summed E-state index contributed by atoms with van der Waals surface area (Å²) in [5.74, 6) is 0.204. The van der Waals surface area contributed by atoms with E-state index < -0.39 is 5.97 Å². The van der Waals surface area contributed by atoms with Crippen molar-refractivity contribution in [1.82, 2.24) is 15.2 Å². The maximum absolute atomic E-state index is 11.7. The van der Waals surface area contributed by atoms with E-state index in [4.69, 9.17) is 16.3 Å². The molecule has 0 saturated carbocycles. The fraction of sp³-hybridized carbons (Fsp3) is 0.150. The monoisotopic (exact) mass is 415 g/mol. The molecule has 0 aliphatic rings. The molecular formula is C20H18ClN3O3S. The summed E-state index contributed by atoms with van der Waals surface area (Å²) in [6.45, 7) is 2.22. The minimum atomic E-state index is -1.06. The third kappa shape index (κ3) is 5.15. The van der Waals surface area contributed by atoms with Crippen LogP contribution in [0.2, 0.25) is 5.02 Å². The van der Waals surface area contributed by atoms with Gasteiger partial charge in [-0.15, -0.1) is 5.10 Å². The van der Waals surface area contributed by atoms with Crippen molar-refractivity contribution in [2.75, 3.05) is 0 Å². The van der Waals surface area contributed by atoms with Gasteiger partial charge >= 0.3 is 5.97 Å². The molecule has 6 nitrogen and oxygen atoms in total. The molecule has 1 heterocycles. The van der Waals surface area contributed by atoms with Gasteiger partial charge in [-0.3, -0.25) is 5.10 Å². The van der Waals surface area contributed by atoms with Gasteiger partial charge in [-0.25, -0.2) is 9.78 Å². The summed E-state index contributed by atoms with van der Waals surface area (Å²) < 4.78 is 5.89. The number of aliphatic carboxylic acids is 1. The SMILES string of the molecule is CCc1nc(S/C(=C/c2ccccc2OCc2ccccc2Cl)C(=O)O)n[nH]1. The summed E-state index contributed by atoms with van der Waals surface area (Å²) in [5.41, 5.74) is 1.49. The normalized spacial score (nSPS) is 11.4. The van der Waals surface area contributed by atoms with E-state index in [1.54, 1.807) is 24.3 Å². The average molecular weight is 416 g/mol. The molecule has 2 aromatic carbocycles. The van der Waals surface area contributed by atoms with Crippen LogP contribution < -0.4 is 4.74 Å². The molecule has 0 bridgehead atoms. The first kappa shape index (κ1) is 20.0. The molecule has 28 heavy (non-hydrogen) atoms. The van der Waals surface area contributed by atoms with Gasteiger partial charge in [0.1, 0.15) is 23.1 Å². The summed E-state index contributed by atoms with van der Waals surface area (Å²) in [5, 5.41) is 17.4. The van der Waals surface area contributed by atoms with E-state index in [1.165, 1.54) is 0 Å². The highest BCUT2D eigenvalue weighted by molar-refractivity contribution is 8.04. The lowest BCUT2D eigenvalue weighted by Crippen LogP contribution is -2.00. The fourth-order valence-corrected chi connectivity index (χ4v) is 3.27. The molecule has 3 aromatic rings. The minimum Gasteiger partial charge on any atom is -0.488 e. The number of ether oxygens (including phenoxy) is 1. The zero-order chi connectivity index (χ0) is 19.9. The summed E-state index contributed by atoms with van der Waals surface area (Å²) in [6, 6.07) is 14.6. The van der Waals surface area contributed by atoms with Gasteiger partial charge in [0.05, 0.1) is 0 Å². The number of nitrogens with one attached hydrogen (secondary N) is 1. The van der Waals surface area contributed by atoms with E-state index in [0.717, 1.165) is 17.3 Å². The standard InChI is InChI=1S/C20H18ClN3O3S/c1-2-18-22-20(24-23-18)28-17(19(25)26)11-13-7-4-6-10-16(13)27-12-14-8-3-5-9-15(14)21/h3-11H,2,12H2,1H3,(H,25,26)(H,22,23,24)/b17-11+. The Morgan fingerprint density at radius 1 is 1.25 bits per heavy atom. The van der Waals surface area contributed by atoms with Crippen molar-refractivity contribution in [2.24, 2.45) is 0 Å². The Labute approximate surface area is 171 Å². The number of nitrogens with zero attached hydrogens (tertiary/aromatic N) is 2. The van der Waals surface area contributed by atoms with E-state index in [2.05, 4.69) is 15.2 Å². The number of aromatic amines is 1. The zero-order valence-corrected chi connectivity index (χ0v) is 16.6. The number of carboxylic acids is 1. The molecule has 2 N–H and O–H groups in total. The molecule has 0 aliphatic carbocycles. The first-order valence-corrected chi connectivity index (χ1v) is 9.75. The number of benzene rings is 2. The Balaban J connectivity index is 1.82. The molecule has 0 amide bonds. The van der Waals surface area contributed by atoms with Gasteiger partial charge in [0, 0.05) is 22.6 Å². The Morgan fingerprint density at radius 2 is 2.00 bits per heavy atom. The van der Waals surface area contributed by atoms with Gasteiger partial charge in [0.15, 0.2) is 0 Å².